The molecule has 1 aliphatic heterocycles. The average molecular weight is 201 g/mol. The Bertz CT molecular complexity index is 150. The molecule has 0 aromatic rings. The van der Waals surface area contributed by atoms with Crippen LogP contribution >= 0.6 is 0 Å². The van der Waals surface area contributed by atoms with Crippen molar-refractivity contribution in [3.05, 3.63) is 0 Å². The Morgan fingerprint density at radius 1 is 1.07 bits per heavy atom. The highest BCUT2D eigenvalue weighted by molar-refractivity contribution is 4.77. The SMILES string of the molecule is CCOC1(OCC)CCCCN1CC. The zero-order chi connectivity index (χ0) is 10.4. The zero-order valence-corrected chi connectivity index (χ0v) is 9.71. The number of nitrogens with zero attached hydrogens (tertiary/aromatic N) is 1. The quantitative estimate of drug-likeness (QED) is 0.637. The van der Waals surface area contributed by atoms with Crippen LogP contribution in [0.1, 0.15) is 40.0 Å². The van der Waals surface area contributed by atoms with Crippen molar-refractivity contribution in [1.29, 1.82) is 0 Å². The summed E-state index contributed by atoms with van der Waals surface area (Å²) in [6.07, 6.45) is 3.47. The Morgan fingerprint density at radius 3 is 2.21 bits per heavy atom. The van der Waals surface area contributed by atoms with Gasteiger partial charge in [-0.1, -0.05) is 6.92 Å². The predicted octanol–water partition coefficient (Wildman–Crippen LogP) is 2.22. The lowest BCUT2D eigenvalue weighted by atomic mass is 10.1. The van der Waals surface area contributed by atoms with Crippen LogP contribution in [0.5, 0.6) is 0 Å². The zero-order valence-electron chi connectivity index (χ0n) is 9.71. The molecular weight excluding hydrogens is 178 g/mol. The van der Waals surface area contributed by atoms with Crippen LogP contribution in [-0.2, 0) is 9.47 Å². The van der Waals surface area contributed by atoms with Crippen LogP contribution in [0.15, 0.2) is 0 Å². The van der Waals surface area contributed by atoms with Crippen LogP contribution in [0.2, 0.25) is 0 Å². The summed E-state index contributed by atoms with van der Waals surface area (Å²) in [7, 11) is 0. The predicted molar refractivity (Wildman–Crippen MR) is 57.1 cm³/mol. The molecule has 1 heterocycles. The highest BCUT2D eigenvalue weighted by Gasteiger charge is 2.39. The molecule has 0 aromatic carbocycles. The molecular formula is C11H23NO2. The normalized spacial score (nSPS) is 22.5. The van der Waals surface area contributed by atoms with E-state index in [2.05, 4.69) is 11.8 Å². The largest absolute Gasteiger partial charge is 0.338 e. The number of hydrogen-bond acceptors (Lipinski definition) is 3. The molecule has 1 aliphatic rings. The van der Waals surface area contributed by atoms with E-state index in [9.17, 15) is 0 Å². The fourth-order valence-corrected chi connectivity index (χ4v) is 2.20. The van der Waals surface area contributed by atoms with Crippen LogP contribution in [0.3, 0.4) is 0 Å². The molecule has 0 radical (unpaired) electrons. The van der Waals surface area contributed by atoms with Gasteiger partial charge in [-0.05, 0) is 26.7 Å². The standard InChI is InChI=1S/C11H23NO2/c1-4-12-10-8-7-9-11(12,13-5-2)14-6-3/h4-10H2,1-3H3. The van der Waals surface area contributed by atoms with Crippen molar-refractivity contribution in [2.75, 3.05) is 26.3 Å². The van der Waals surface area contributed by atoms with Crippen molar-refractivity contribution in [3.8, 4) is 0 Å². The highest BCUT2D eigenvalue weighted by Crippen LogP contribution is 2.30. The minimum Gasteiger partial charge on any atom is -0.338 e. The second-order valence-electron chi connectivity index (χ2n) is 3.62. The lowest BCUT2D eigenvalue weighted by Gasteiger charge is -2.45. The topological polar surface area (TPSA) is 21.7 Å². The Labute approximate surface area is 87.4 Å². The van der Waals surface area contributed by atoms with Crippen molar-refractivity contribution < 1.29 is 9.47 Å². The van der Waals surface area contributed by atoms with Crippen molar-refractivity contribution in [2.24, 2.45) is 0 Å². The minimum absolute atomic E-state index is 0.420. The first-order valence-corrected chi connectivity index (χ1v) is 5.82. The molecule has 0 N–H and O–H groups in total. The lowest BCUT2D eigenvalue weighted by Crippen LogP contribution is -2.55. The first-order valence-electron chi connectivity index (χ1n) is 5.82. The van der Waals surface area contributed by atoms with Crippen molar-refractivity contribution in [3.63, 3.8) is 0 Å². The van der Waals surface area contributed by atoms with E-state index >= 15 is 0 Å². The Hall–Kier alpha value is -0.120. The highest BCUT2D eigenvalue weighted by atomic mass is 16.7. The molecule has 3 heteroatoms. The monoisotopic (exact) mass is 201 g/mol. The first kappa shape index (κ1) is 12.0. The van der Waals surface area contributed by atoms with Gasteiger partial charge in [-0.2, -0.15) is 0 Å². The van der Waals surface area contributed by atoms with Gasteiger partial charge in [0.2, 0.25) is 5.91 Å². The third kappa shape index (κ3) is 2.47. The number of likely N-dealkylation sites (tertiary alicyclic amines) is 1. The van der Waals surface area contributed by atoms with Gasteiger partial charge in [0.15, 0.2) is 0 Å². The van der Waals surface area contributed by atoms with E-state index in [0.717, 1.165) is 32.7 Å². The van der Waals surface area contributed by atoms with Gasteiger partial charge in [0.25, 0.3) is 0 Å². The molecule has 0 spiro atoms. The molecule has 1 saturated heterocycles. The smallest absolute Gasteiger partial charge is 0.229 e. The maximum absolute atomic E-state index is 5.82. The number of ether oxygens (including phenoxy) is 2. The van der Waals surface area contributed by atoms with Gasteiger partial charge in [0.1, 0.15) is 0 Å². The van der Waals surface area contributed by atoms with Crippen molar-refractivity contribution in [2.45, 2.75) is 45.9 Å². The summed E-state index contributed by atoms with van der Waals surface area (Å²) >= 11 is 0. The third-order valence-corrected chi connectivity index (χ3v) is 2.77. The fourth-order valence-electron chi connectivity index (χ4n) is 2.20. The van der Waals surface area contributed by atoms with E-state index in [0.29, 0.717) is 0 Å². The summed E-state index contributed by atoms with van der Waals surface area (Å²) in [6.45, 7) is 9.76. The molecule has 1 fully saturated rings. The van der Waals surface area contributed by atoms with Gasteiger partial charge in [0, 0.05) is 32.7 Å². The Morgan fingerprint density at radius 2 is 1.71 bits per heavy atom. The number of piperidine rings is 1. The van der Waals surface area contributed by atoms with Crippen LogP contribution in [-0.4, -0.2) is 37.1 Å². The minimum atomic E-state index is -0.420. The van der Waals surface area contributed by atoms with E-state index in [1.54, 1.807) is 0 Å². The van der Waals surface area contributed by atoms with E-state index < -0.39 is 5.91 Å². The maximum Gasteiger partial charge on any atom is 0.229 e. The first-order chi connectivity index (χ1) is 6.79. The molecule has 0 saturated carbocycles. The van der Waals surface area contributed by atoms with E-state index in [1.807, 2.05) is 13.8 Å². The van der Waals surface area contributed by atoms with Crippen LogP contribution < -0.4 is 0 Å². The average Bonchev–Trinajstić information content (AvgIpc) is 2.19. The summed E-state index contributed by atoms with van der Waals surface area (Å²) in [5.74, 6) is -0.420. The maximum atomic E-state index is 5.82. The molecule has 0 atom stereocenters. The summed E-state index contributed by atoms with van der Waals surface area (Å²) in [5.41, 5.74) is 0. The van der Waals surface area contributed by atoms with Gasteiger partial charge in [0.05, 0.1) is 0 Å². The van der Waals surface area contributed by atoms with Gasteiger partial charge >= 0.3 is 0 Å². The number of hydrogen-bond donors (Lipinski definition) is 0. The molecule has 0 unspecified atom stereocenters. The van der Waals surface area contributed by atoms with Gasteiger partial charge in [-0.15, -0.1) is 0 Å². The van der Waals surface area contributed by atoms with Crippen LogP contribution in [0, 0.1) is 0 Å². The summed E-state index contributed by atoms with van der Waals surface area (Å²) in [5, 5.41) is 0. The molecule has 14 heavy (non-hydrogen) atoms. The summed E-state index contributed by atoms with van der Waals surface area (Å²) in [6, 6.07) is 0. The molecule has 84 valence electrons. The van der Waals surface area contributed by atoms with Crippen LogP contribution in [0.4, 0.5) is 0 Å². The van der Waals surface area contributed by atoms with Crippen molar-refractivity contribution in [1.82, 2.24) is 4.90 Å². The van der Waals surface area contributed by atoms with Crippen molar-refractivity contribution >= 4 is 0 Å². The van der Waals surface area contributed by atoms with Crippen LogP contribution in [0.25, 0.3) is 0 Å². The molecule has 3 nitrogen and oxygen atoms in total. The van der Waals surface area contributed by atoms with E-state index in [4.69, 9.17) is 9.47 Å². The Balaban J connectivity index is 2.68. The Kier molecular flexibility index (Phi) is 4.85. The van der Waals surface area contributed by atoms with Gasteiger partial charge in [-0.25, -0.2) is 0 Å². The summed E-state index contributed by atoms with van der Waals surface area (Å²) < 4.78 is 11.6. The number of rotatable bonds is 5. The molecule has 1 rings (SSSR count). The molecule has 0 aromatic heterocycles. The lowest BCUT2D eigenvalue weighted by molar-refractivity contribution is -0.326. The second kappa shape index (κ2) is 5.69. The molecule has 0 aliphatic carbocycles. The fraction of sp³-hybridized carbons (Fsp3) is 1.00. The molecule has 0 amide bonds. The van der Waals surface area contributed by atoms with Gasteiger partial charge < -0.3 is 9.47 Å². The van der Waals surface area contributed by atoms with Gasteiger partial charge in [-0.3, -0.25) is 4.90 Å². The second-order valence-corrected chi connectivity index (χ2v) is 3.62. The van der Waals surface area contributed by atoms with E-state index in [-0.39, 0.29) is 0 Å². The third-order valence-electron chi connectivity index (χ3n) is 2.77. The molecule has 0 bridgehead atoms. The summed E-state index contributed by atoms with van der Waals surface area (Å²) in [4.78, 5) is 2.31. The van der Waals surface area contributed by atoms with E-state index in [1.165, 1.54) is 12.8 Å².